The molecule has 0 spiro atoms. The number of amides is 2. The Morgan fingerprint density at radius 1 is 1.26 bits per heavy atom. The van der Waals surface area contributed by atoms with Gasteiger partial charge in [0.25, 0.3) is 0 Å². The number of carbonyl (C=O) groups is 1. The van der Waals surface area contributed by atoms with Crippen LogP contribution in [0.4, 0.5) is 4.79 Å². The molecule has 0 saturated carbocycles. The summed E-state index contributed by atoms with van der Waals surface area (Å²) in [7, 11) is -1.59. The number of methoxy groups -OCH3 is 1. The molecule has 0 aromatic heterocycles. The number of benzene rings is 1. The third kappa shape index (κ3) is 4.97. The quantitative estimate of drug-likeness (QED) is 0.886. The molecular formula is C15H21N3O4S. The lowest BCUT2D eigenvalue weighted by atomic mass is 10.2. The van der Waals surface area contributed by atoms with Gasteiger partial charge in [-0.3, -0.25) is 0 Å². The smallest absolute Gasteiger partial charge is 0.321 e. The van der Waals surface area contributed by atoms with E-state index in [1.165, 1.54) is 10.6 Å². The van der Waals surface area contributed by atoms with Gasteiger partial charge in [0.2, 0.25) is 10.0 Å². The van der Waals surface area contributed by atoms with Crippen LogP contribution in [0.2, 0.25) is 0 Å². The van der Waals surface area contributed by atoms with Crippen LogP contribution < -0.4 is 10.1 Å². The predicted molar refractivity (Wildman–Crippen MR) is 88.5 cm³/mol. The summed E-state index contributed by atoms with van der Waals surface area (Å²) >= 11 is 0. The Balaban J connectivity index is 1.84. The van der Waals surface area contributed by atoms with Crippen LogP contribution in [0.1, 0.15) is 5.56 Å². The molecule has 1 aliphatic heterocycles. The summed E-state index contributed by atoms with van der Waals surface area (Å²) in [5, 5.41) is 2.69. The summed E-state index contributed by atoms with van der Waals surface area (Å²) in [6, 6.07) is 7.23. The van der Waals surface area contributed by atoms with Crippen LogP contribution in [0.15, 0.2) is 30.5 Å². The fourth-order valence-electron chi connectivity index (χ4n) is 2.27. The number of urea groups is 1. The molecule has 0 bridgehead atoms. The zero-order valence-electron chi connectivity index (χ0n) is 13.2. The Hall–Kier alpha value is -2.06. The number of hydrogen-bond donors (Lipinski definition) is 1. The fourth-order valence-corrected chi connectivity index (χ4v) is 3.10. The Morgan fingerprint density at radius 3 is 2.57 bits per heavy atom. The van der Waals surface area contributed by atoms with E-state index >= 15 is 0 Å². The minimum Gasteiger partial charge on any atom is -0.497 e. The highest BCUT2D eigenvalue weighted by Crippen LogP contribution is 2.13. The molecule has 1 aromatic carbocycles. The second kappa shape index (κ2) is 7.47. The van der Waals surface area contributed by atoms with Gasteiger partial charge in [0, 0.05) is 32.4 Å². The van der Waals surface area contributed by atoms with Gasteiger partial charge in [0.05, 0.1) is 13.4 Å². The molecule has 0 atom stereocenters. The lowest BCUT2D eigenvalue weighted by Crippen LogP contribution is -2.52. The van der Waals surface area contributed by atoms with Gasteiger partial charge in [0.15, 0.2) is 0 Å². The molecular weight excluding hydrogens is 318 g/mol. The van der Waals surface area contributed by atoms with Gasteiger partial charge < -0.3 is 15.0 Å². The monoisotopic (exact) mass is 339 g/mol. The Labute approximate surface area is 136 Å². The van der Waals surface area contributed by atoms with Gasteiger partial charge in [-0.1, -0.05) is 12.1 Å². The van der Waals surface area contributed by atoms with Crippen molar-refractivity contribution < 1.29 is 17.9 Å². The summed E-state index contributed by atoms with van der Waals surface area (Å²) in [6.07, 6.45) is 4.52. The topological polar surface area (TPSA) is 79.0 Å². The van der Waals surface area contributed by atoms with E-state index in [2.05, 4.69) is 5.32 Å². The molecule has 8 heteroatoms. The third-order valence-corrected chi connectivity index (χ3v) is 4.87. The number of nitrogens with zero attached hydrogens (tertiary/aromatic N) is 2. The summed E-state index contributed by atoms with van der Waals surface area (Å²) in [5.41, 5.74) is 0.909. The van der Waals surface area contributed by atoms with E-state index in [9.17, 15) is 13.2 Å². The van der Waals surface area contributed by atoms with E-state index in [1.54, 1.807) is 24.3 Å². The first-order valence-corrected chi connectivity index (χ1v) is 9.06. The van der Waals surface area contributed by atoms with Crippen LogP contribution in [0.25, 0.3) is 6.08 Å². The average Bonchev–Trinajstić information content (AvgIpc) is 2.54. The third-order valence-electron chi connectivity index (χ3n) is 3.57. The van der Waals surface area contributed by atoms with Gasteiger partial charge in [-0.25, -0.2) is 13.2 Å². The van der Waals surface area contributed by atoms with Crippen molar-refractivity contribution in [3.8, 4) is 5.75 Å². The highest BCUT2D eigenvalue weighted by Gasteiger charge is 2.25. The standard InChI is InChI=1S/C15H21N3O4S/c1-22-14-5-3-4-13(12-14)6-7-16-15(19)17-8-10-18(11-9-17)23(2,20)21/h3-7,12H,8-11H2,1-2H3,(H,16,19)/b7-6+. The van der Waals surface area contributed by atoms with Crippen LogP contribution in [-0.4, -0.2) is 63.2 Å². The number of carbonyl (C=O) groups excluding carboxylic acids is 1. The molecule has 0 unspecified atom stereocenters. The van der Waals surface area contributed by atoms with E-state index in [0.717, 1.165) is 11.3 Å². The van der Waals surface area contributed by atoms with Gasteiger partial charge in [-0.2, -0.15) is 4.31 Å². The van der Waals surface area contributed by atoms with Crippen LogP contribution in [-0.2, 0) is 10.0 Å². The second-order valence-electron chi connectivity index (χ2n) is 5.21. The average molecular weight is 339 g/mol. The minimum atomic E-state index is -3.19. The maximum Gasteiger partial charge on any atom is 0.321 e. The van der Waals surface area contributed by atoms with Crippen molar-refractivity contribution in [3.63, 3.8) is 0 Å². The van der Waals surface area contributed by atoms with Crippen LogP contribution in [0.5, 0.6) is 5.75 Å². The molecule has 1 aromatic rings. The first-order valence-electron chi connectivity index (χ1n) is 7.21. The molecule has 1 heterocycles. The van der Waals surface area contributed by atoms with Crippen molar-refractivity contribution in [1.29, 1.82) is 0 Å². The van der Waals surface area contributed by atoms with Gasteiger partial charge in [0.1, 0.15) is 5.75 Å². The number of hydrogen-bond acceptors (Lipinski definition) is 4. The van der Waals surface area contributed by atoms with Crippen LogP contribution in [0.3, 0.4) is 0 Å². The molecule has 0 aliphatic carbocycles. The number of rotatable bonds is 4. The molecule has 23 heavy (non-hydrogen) atoms. The highest BCUT2D eigenvalue weighted by atomic mass is 32.2. The number of nitrogens with one attached hydrogen (secondary N) is 1. The SMILES string of the molecule is COc1cccc(/C=C/NC(=O)N2CCN(S(C)(=O)=O)CC2)c1. The molecule has 1 N–H and O–H groups in total. The number of ether oxygens (including phenoxy) is 1. The summed E-state index contributed by atoms with van der Waals surface area (Å²) < 4.78 is 29.4. The van der Waals surface area contributed by atoms with Gasteiger partial charge >= 0.3 is 6.03 Å². The van der Waals surface area contributed by atoms with Crippen molar-refractivity contribution in [2.45, 2.75) is 0 Å². The minimum absolute atomic E-state index is 0.239. The largest absolute Gasteiger partial charge is 0.497 e. The van der Waals surface area contributed by atoms with Crippen molar-refractivity contribution >= 4 is 22.1 Å². The van der Waals surface area contributed by atoms with E-state index in [4.69, 9.17) is 4.74 Å². The molecule has 126 valence electrons. The van der Waals surface area contributed by atoms with E-state index in [1.807, 2.05) is 24.3 Å². The predicted octanol–water partition coefficient (Wildman–Crippen LogP) is 0.953. The fraction of sp³-hybridized carbons (Fsp3) is 0.400. The zero-order valence-corrected chi connectivity index (χ0v) is 14.0. The van der Waals surface area contributed by atoms with Crippen LogP contribution in [0, 0.1) is 0 Å². The maximum absolute atomic E-state index is 12.0. The Kier molecular flexibility index (Phi) is 5.62. The number of sulfonamides is 1. The normalized spacial score (nSPS) is 16.5. The molecule has 1 aliphatic rings. The second-order valence-corrected chi connectivity index (χ2v) is 7.19. The van der Waals surface area contributed by atoms with E-state index in [0.29, 0.717) is 26.2 Å². The molecule has 1 fully saturated rings. The molecule has 1 saturated heterocycles. The maximum atomic E-state index is 12.0. The summed E-state index contributed by atoms with van der Waals surface area (Å²) in [4.78, 5) is 13.6. The van der Waals surface area contributed by atoms with Crippen LogP contribution >= 0.6 is 0 Å². The van der Waals surface area contributed by atoms with Crippen molar-refractivity contribution in [2.24, 2.45) is 0 Å². The van der Waals surface area contributed by atoms with Crippen molar-refractivity contribution in [1.82, 2.24) is 14.5 Å². The van der Waals surface area contributed by atoms with Crippen molar-refractivity contribution in [2.75, 3.05) is 39.5 Å². The Morgan fingerprint density at radius 2 is 1.96 bits per heavy atom. The number of piperazine rings is 1. The van der Waals surface area contributed by atoms with Gasteiger partial charge in [-0.05, 0) is 23.8 Å². The summed E-state index contributed by atoms with van der Waals surface area (Å²) in [5.74, 6) is 0.746. The van der Waals surface area contributed by atoms with E-state index < -0.39 is 10.0 Å². The first-order chi connectivity index (χ1) is 10.9. The first kappa shape index (κ1) is 17.3. The molecule has 7 nitrogen and oxygen atoms in total. The molecule has 0 radical (unpaired) electrons. The molecule has 2 amide bonds. The summed E-state index contributed by atoms with van der Waals surface area (Å²) in [6.45, 7) is 1.41. The lowest BCUT2D eigenvalue weighted by molar-refractivity contribution is 0.176. The van der Waals surface area contributed by atoms with Crippen molar-refractivity contribution in [3.05, 3.63) is 36.0 Å². The van der Waals surface area contributed by atoms with Gasteiger partial charge in [-0.15, -0.1) is 0 Å². The lowest BCUT2D eigenvalue weighted by Gasteiger charge is -2.32. The zero-order chi connectivity index (χ0) is 16.9. The van der Waals surface area contributed by atoms with E-state index in [-0.39, 0.29) is 6.03 Å². The Bertz CT molecular complexity index is 680. The molecule has 2 rings (SSSR count). The highest BCUT2D eigenvalue weighted by molar-refractivity contribution is 7.88.